The number of anilines is 2. The summed E-state index contributed by atoms with van der Waals surface area (Å²) < 4.78 is 0. The maximum absolute atomic E-state index is 5.52. The summed E-state index contributed by atoms with van der Waals surface area (Å²) in [6, 6.07) is 10.5. The van der Waals surface area contributed by atoms with Gasteiger partial charge in [-0.1, -0.05) is 30.3 Å². The van der Waals surface area contributed by atoms with Gasteiger partial charge in [0.15, 0.2) is 0 Å². The van der Waals surface area contributed by atoms with Gasteiger partial charge in [0.2, 0.25) is 0 Å². The van der Waals surface area contributed by atoms with Gasteiger partial charge >= 0.3 is 0 Å². The summed E-state index contributed by atoms with van der Waals surface area (Å²) in [4.78, 5) is 8.25. The molecule has 0 unspecified atom stereocenters. The Morgan fingerprint density at radius 2 is 1.84 bits per heavy atom. The van der Waals surface area contributed by atoms with E-state index in [0.29, 0.717) is 5.82 Å². The number of hydrogen-bond donors (Lipinski definition) is 2. The van der Waals surface area contributed by atoms with Gasteiger partial charge in [0.25, 0.3) is 0 Å². The molecule has 1 aromatic carbocycles. The van der Waals surface area contributed by atoms with Gasteiger partial charge in [0.05, 0.1) is 12.4 Å². The van der Waals surface area contributed by atoms with Crippen molar-refractivity contribution in [2.24, 2.45) is 0 Å². The summed E-state index contributed by atoms with van der Waals surface area (Å²) in [5.74, 6) is 1.19. The molecule has 1 heterocycles. The van der Waals surface area contributed by atoms with E-state index in [1.165, 1.54) is 5.56 Å². The molecule has 0 aliphatic carbocycles. The second-order valence-electron chi connectivity index (χ2n) is 5.32. The summed E-state index contributed by atoms with van der Waals surface area (Å²) in [6.45, 7) is 4.32. The second-order valence-corrected chi connectivity index (χ2v) is 5.32. The Morgan fingerprint density at radius 1 is 1.11 bits per heavy atom. The van der Waals surface area contributed by atoms with Gasteiger partial charge in [-0.25, -0.2) is 9.97 Å². The van der Waals surface area contributed by atoms with Gasteiger partial charge in [-0.05, 0) is 32.3 Å². The fourth-order valence-corrected chi connectivity index (χ4v) is 1.91. The summed E-state index contributed by atoms with van der Waals surface area (Å²) >= 11 is 0. The molecule has 0 saturated carbocycles. The molecule has 0 saturated heterocycles. The molecule has 100 valence electrons. The topological polar surface area (TPSA) is 63.8 Å². The normalized spacial score (nSPS) is 11.3. The van der Waals surface area contributed by atoms with Gasteiger partial charge in [0.1, 0.15) is 11.6 Å². The van der Waals surface area contributed by atoms with Crippen molar-refractivity contribution in [1.29, 1.82) is 0 Å². The number of nitrogens with one attached hydrogen (secondary N) is 1. The third-order valence-corrected chi connectivity index (χ3v) is 3.02. The lowest BCUT2D eigenvalue weighted by atomic mass is 9.95. The molecule has 0 bridgehead atoms. The first-order chi connectivity index (χ1) is 9.05. The first-order valence-corrected chi connectivity index (χ1v) is 6.45. The smallest absolute Gasteiger partial charge is 0.145 e. The quantitative estimate of drug-likeness (QED) is 0.863. The Labute approximate surface area is 114 Å². The van der Waals surface area contributed by atoms with Crippen LogP contribution in [0, 0.1) is 0 Å². The first kappa shape index (κ1) is 13.3. The van der Waals surface area contributed by atoms with Crippen molar-refractivity contribution >= 4 is 11.6 Å². The average molecular weight is 256 g/mol. The van der Waals surface area contributed by atoms with Crippen LogP contribution in [-0.2, 0) is 6.42 Å². The van der Waals surface area contributed by atoms with Crippen LogP contribution in [-0.4, -0.2) is 15.5 Å². The van der Waals surface area contributed by atoms with Crippen molar-refractivity contribution < 1.29 is 0 Å². The number of rotatable bonds is 5. The molecule has 0 amide bonds. The number of aryl methyl sites for hydroxylation is 1. The van der Waals surface area contributed by atoms with Gasteiger partial charge in [-0.3, -0.25) is 0 Å². The van der Waals surface area contributed by atoms with Crippen molar-refractivity contribution in [3.63, 3.8) is 0 Å². The molecule has 1 aromatic heterocycles. The lowest BCUT2D eigenvalue weighted by Gasteiger charge is -2.26. The minimum absolute atomic E-state index is 0.0410. The standard InChI is InChI=1S/C15H20N4/c1-15(2,9-8-12-6-4-3-5-7-12)19-14-11-17-13(16)10-18-14/h3-7,10-11H,8-9H2,1-2H3,(H2,16,17)(H,18,19). The molecular formula is C15H20N4. The van der Waals surface area contributed by atoms with Crippen LogP contribution in [0.25, 0.3) is 0 Å². The van der Waals surface area contributed by atoms with E-state index in [4.69, 9.17) is 5.73 Å². The maximum atomic E-state index is 5.52. The predicted molar refractivity (Wildman–Crippen MR) is 78.9 cm³/mol. The monoisotopic (exact) mass is 256 g/mol. The van der Waals surface area contributed by atoms with E-state index < -0.39 is 0 Å². The number of hydrogen-bond acceptors (Lipinski definition) is 4. The van der Waals surface area contributed by atoms with Crippen LogP contribution in [0.3, 0.4) is 0 Å². The highest BCUT2D eigenvalue weighted by atomic mass is 15.1. The third-order valence-electron chi connectivity index (χ3n) is 3.02. The van der Waals surface area contributed by atoms with E-state index in [9.17, 15) is 0 Å². The molecule has 2 aromatic rings. The minimum Gasteiger partial charge on any atom is -0.382 e. The van der Waals surface area contributed by atoms with Crippen molar-refractivity contribution in [3.05, 3.63) is 48.3 Å². The summed E-state index contributed by atoms with van der Waals surface area (Å²) in [5, 5.41) is 3.39. The highest BCUT2D eigenvalue weighted by Gasteiger charge is 2.17. The van der Waals surface area contributed by atoms with Crippen LogP contribution in [0.4, 0.5) is 11.6 Å². The maximum Gasteiger partial charge on any atom is 0.145 e. The Bertz CT molecular complexity index is 505. The van der Waals surface area contributed by atoms with Crippen molar-refractivity contribution in [1.82, 2.24) is 9.97 Å². The van der Waals surface area contributed by atoms with Crippen LogP contribution < -0.4 is 11.1 Å². The molecular weight excluding hydrogens is 236 g/mol. The van der Waals surface area contributed by atoms with Crippen LogP contribution in [0.5, 0.6) is 0 Å². The summed E-state index contributed by atoms with van der Waals surface area (Å²) in [5.41, 5.74) is 6.83. The van der Waals surface area contributed by atoms with Gasteiger partial charge in [0, 0.05) is 5.54 Å². The Morgan fingerprint density at radius 3 is 2.47 bits per heavy atom. The second kappa shape index (κ2) is 5.69. The van der Waals surface area contributed by atoms with Gasteiger partial charge in [-0.15, -0.1) is 0 Å². The molecule has 19 heavy (non-hydrogen) atoms. The fraction of sp³-hybridized carbons (Fsp3) is 0.333. The Hall–Kier alpha value is -2.10. The predicted octanol–water partition coefficient (Wildman–Crippen LogP) is 2.88. The first-order valence-electron chi connectivity index (χ1n) is 6.45. The Kier molecular flexibility index (Phi) is 4.00. The third kappa shape index (κ3) is 4.25. The summed E-state index contributed by atoms with van der Waals surface area (Å²) in [7, 11) is 0. The zero-order chi connectivity index (χ0) is 13.7. The van der Waals surface area contributed by atoms with E-state index in [0.717, 1.165) is 18.7 Å². The molecule has 3 N–H and O–H groups in total. The largest absolute Gasteiger partial charge is 0.382 e. The zero-order valence-corrected chi connectivity index (χ0v) is 11.4. The van der Waals surface area contributed by atoms with Gasteiger partial charge in [-0.2, -0.15) is 0 Å². The number of nitrogen functional groups attached to an aromatic ring is 1. The van der Waals surface area contributed by atoms with Crippen molar-refractivity contribution in [2.45, 2.75) is 32.2 Å². The van der Waals surface area contributed by atoms with Crippen molar-refractivity contribution in [2.75, 3.05) is 11.1 Å². The zero-order valence-electron chi connectivity index (χ0n) is 11.4. The fourth-order valence-electron chi connectivity index (χ4n) is 1.91. The van der Waals surface area contributed by atoms with Crippen LogP contribution >= 0.6 is 0 Å². The molecule has 2 rings (SSSR count). The number of nitrogens with zero attached hydrogens (tertiary/aromatic N) is 2. The Balaban J connectivity index is 1.93. The molecule has 0 atom stereocenters. The number of benzene rings is 1. The molecule has 0 fully saturated rings. The summed E-state index contributed by atoms with van der Waals surface area (Å²) in [6.07, 6.45) is 5.28. The lowest BCUT2D eigenvalue weighted by Crippen LogP contribution is -2.32. The van der Waals surface area contributed by atoms with Crippen LogP contribution in [0.1, 0.15) is 25.8 Å². The molecule has 0 radical (unpaired) electrons. The van der Waals surface area contributed by atoms with E-state index >= 15 is 0 Å². The number of aromatic nitrogens is 2. The minimum atomic E-state index is -0.0410. The molecule has 4 heteroatoms. The number of nitrogens with two attached hydrogens (primary N) is 1. The van der Waals surface area contributed by atoms with E-state index in [-0.39, 0.29) is 5.54 Å². The molecule has 0 spiro atoms. The highest BCUT2D eigenvalue weighted by molar-refractivity contribution is 5.38. The van der Waals surface area contributed by atoms with Crippen LogP contribution in [0.15, 0.2) is 42.7 Å². The SMILES string of the molecule is CC(C)(CCc1ccccc1)Nc1cnc(N)cn1. The molecule has 0 aliphatic rings. The van der Waals surface area contributed by atoms with Crippen molar-refractivity contribution in [3.8, 4) is 0 Å². The van der Waals surface area contributed by atoms with Crippen LogP contribution in [0.2, 0.25) is 0 Å². The molecule has 4 nitrogen and oxygen atoms in total. The average Bonchev–Trinajstić information content (AvgIpc) is 2.40. The van der Waals surface area contributed by atoms with E-state index in [1.807, 2.05) is 6.07 Å². The lowest BCUT2D eigenvalue weighted by molar-refractivity contribution is 0.516. The van der Waals surface area contributed by atoms with Gasteiger partial charge < -0.3 is 11.1 Å². The van der Waals surface area contributed by atoms with E-state index in [1.54, 1.807) is 12.4 Å². The highest BCUT2D eigenvalue weighted by Crippen LogP contribution is 2.18. The molecule has 0 aliphatic heterocycles. The van der Waals surface area contributed by atoms with E-state index in [2.05, 4.69) is 53.4 Å².